The van der Waals surface area contributed by atoms with E-state index >= 15 is 0 Å². The fraction of sp³-hybridized carbons (Fsp3) is 0.579. The summed E-state index contributed by atoms with van der Waals surface area (Å²) in [6.45, 7) is 5.95. The lowest BCUT2D eigenvalue weighted by Gasteiger charge is -2.44. The maximum Gasteiger partial charge on any atom is 0.416 e. The van der Waals surface area contributed by atoms with Crippen molar-refractivity contribution in [1.82, 2.24) is 4.90 Å². The van der Waals surface area contributed by atoms with Gasteiger partial charge < -0.3 is 14.4 Å². The molecule has 0 radical (unpaired) electrons. The lowest BCUT2D eigenvalue weighted by Crippen LogP contribution is -2.53. The summed E-state index contributed by atoms with van der Waals surface area (Å²) in [5.41, 5.74) is -2.18. The topological polar surface area (TPSA) is 55.8 Å². The molecule has 2 heterocycles. The number of hydrogen-bond donors (Lipinski definition) is 0. The second-order valence-corrected chi connectivity index (χ2v) is 8.06. The predicted molar refractivity (Wildman–Crippen MR) is 90.8 cm³/mol. The van der Waals surface area contributed by atoms with E-state index in [9.17, 15) is 22.8 Å². The molecule has 1 amide bonds. The summed E-state index contributed by atoms with van der Waals surface area (Å²) < 4.78 is 50.1. The Morgan fingerprint density at radius 2 is 1.81 bits per heavy atom. The molecule has 1 saturated heterocycles. The van der Waals surface area contributed by atoms with E-state index in [2.05, 4.69) is 0 Å². The van der Waals surface area contributed by atoms with E-state index in [0.717, 1.165) is 12.1 Å². The fourth-order valence-corrected chi connectivity index (χ4v) is 3.37. The number of benzene rings is 1. The third-order valence-electron chi connectivity index (χ3n) is 4.74. The zero-order valence-corrected chi connectivity index (χ0v) is 15.5. The molecule has 148 valence electrons. The van der Waals surface area contributed by atoms with Gasteiger partial charge in [0.15, 0.2) is 5.78 Å². The van der Waals surface area contributed by atoms with Gasteiger partial charge in [-0.3, -0.25) is 4.79 Å². The first kappa shape index (κ1) is 19.5. The lowest BCUT2D eigenvalue weighted by atomic mass is 9.82. The van der Waals surface area contributed by atoms with E-state index in [-0.39, 0.29) is 23.5 Å². The van der Waals surface area contributed by atoms with Crippen molar-refractivity contribution in [3.05, 3.63) is 29.3 Å². The van der Waals surface area contributed by atoms with Crippen molar-refractivity contribution < 1.29 is 32.2 Å². The highest BCUT2D eigenvalue weighted by molar-refractivity contribution is 6.00. The Balaban J connectivity index is 1.75. The summed E-state index contributed by atoms with van der Waals surface area (Å²) in [6.07, 6.45) is -4.15. The van der Waals surface area contributed by atoms with Crippen molar-refractivity contribution in [2.75, 3.05) is 13.1 Å². The Morgan fingerprint density at radius 3 is 2.37 bits per heavy atom. The molecule has 1 spiro atoms. The molecule has 1 aromatic carbocycles. The van der Waals surface area contributed by atoms with E-state index < -0.39 is 29.0 Å². The Bertz CT molecular complexity index is 759. The third kappa shape index (κ3) is 4.20. The molecule has 0 saturated carbocycles. The first-order chi connectivity index (χ1) is 12.4. The van der Waals surface area contributed by atoms with Gasteiger partial charge in [0, 0.05) is 25.9 Å². The number of ketones is 1. The second-order valence-electron chi connectivity index (χ2n) is 8.06. The van der Waals surface area contributed by atoms with Crippen LogP contribution < -0.4 is 4.74 Å². The molecule has 1 aromatic rings. The minimum absolute atomic E-state index is 0.0354. The number of nitrogens with zero attached hydrogens (tertiary/aromatic N) is 1. The van der Waals surface area contributed by atoms with E-state index in [1.165, 1.54) is 11.0 Å². The van der Waals surface area contributed by atoms with Crippen LogP contribution in [0, 0.1) is 0 Å². The van der Waals surface area contributed by atoms with Crippen LogP contribution in [0.5, 0.6) is 5.75 Å². The summed E-state index contributed by atoms with van der Waals surface area (Å²) in [5.74, 6) is -0.275. The largest absolute Gasteiger partial charge is 0.486 e. The highest BCUT2D eigenvalue weighted by Crippen LogP contribution is 2.42. The number of amides is 1. The maximum absolute atomic E-state index is 13.0. The molecule has 0 atom stereocenters. The van der Waals surface area contributed by atoms with Gasteiger partial charge in [-0.05, 0) is 39.0 Å². The third-order valence-corrected chi connectivity index (χ3v) is 4.74. The minimum Gasteiger partial charge on any atom is -0.486 e. The van der Waals surface area contributed by atoms with Gasteiger partial charge in [0.1, 0.15) is 17.0 Å². The number of alkyl halides is 3. The zero-order chi connectivity index (χ0) is 20.0. The van der Waals surface area contributed by atoms with Crippen LogP contribution in [-0.4, -0.2) is 41.1 Å². The molecule has 0 aliphatic carbocycles. The first-order valence-corrected chi connectivity index (χ1v) is 8.80. The minimum atomic E-state index is -4.51. The highest BCUT2D eigenvalue weighted by Gasteiger charge is 2.45. The van der Waals surface area contributed by atoms with Gasteiger partial charge in [-0.2, -0.15) is 13.2 Å². The fourth-order valence-electron chi connectivity index (χ4n) is 3.37. The monoisotopic (exact) mass is 385 g/mol. The van der Waals surface area contributed by atoms with Crippen LogP contribution in [0.4, 0.5) is 18.0 Å². The van der Waals surface area contributed by atoms with E-state index in [4.69, 9.17) is 9.47 Å². The number of likely N-dealkylation sites (tertiary alicyclic amines) is 1. The summed E-state index contributed by atoms with van der Waals surface area (Å²) in [6, 6.07) is 2.95. The van der Waals surface area contributed by atoms with Crippen LogP contribution in [0.2, 0.25) is 0 Å². The van der Waals surface area contributed by atoms with Crippen LogP contribution >= 0.6 is 0 Å². The Kier molecular flexibility index (Phi) is 4.64. The first-order valence-electron chi connectivity index (χ1n) is 8.80. The summed E-state index contributed by atoms with van der Waals surface area (Å²) >= 11 is 0. The van der Waals surface area contributed by atoms with Crippen molar-refractivity contribution in [1.29, 1.82) is 0 Å². The van der Waals surface area contributed by atoms with E-state index in [1.807, 2.05) is 0 Å². The van der Waals surface area contributed by atoms with Crippen LogP contribution in [0.15, 0.2) is 18.2 Å². The van der Waals surface area contributed by atoms with Gasteiger partial charge >= 0.3 is 12.3 Å². The number of carbonyl (C=O) groups excluding carboxylic acids is 2. The lowest BCUT2D eigenvalue weighted by molar-refractivity contribution is -0.137. The van der Waals surface area contributed by atoms with Crippen LogP contribution in [-0.2, 0) is 10.9 Å². The van der Waals surface area contributed by atoms with Gasteiger partial charge in [0.05, 0.1) is 17.5 Å². The Morgan fingerprint density at radius 1 is 1.19 bits per heavy atom. The van der Waals surface area contributed by atoms with Crippen molar-refractivity contribution in [3.63, 3.8) is 0 Å². The molecule has 0 bridgehead atoms. The quantitative estimate of drug-likeness (QED) is 0.663. The molecular formula is C19H22F3NO4. The molecule has 2 aliphatic heterocycles. The van der Waals surface area contributed by atoms with Gasteiger partial charge in [-0.15, -0.1) is 0 Å². The molecule has 8 heteroatoms. The second kappa shape index (κ2) is 6.42. The number of ether oxygens (including phenoxy) is 2. The average molecular weight is 385 g/mol. The van der Waals surface area contributed by atoms with Crippen LogP contribution in [0.25, 0.3) is 0 Å². The standard InChI is InChI=1S/C19H22F3NO4/c1-17(2,3)27-16(25)23-8-6-18(7-9-23)11-14(24)13-5-4-12(19(20,21)22)10-15(13)26-18/h4-5,10H,6-9,11H2,1-3H3. The SMILES string of the molecule is CC(C)(C)OC(=O)N1CCC2(CC1)CC(=O)c1ccc(C(F)(F)F)cc1O2. The number of hydrogen-bond acceptors (Lipinski definition) is 4. The van der Waals surface area contributed by atoms with Crippen LogP contribution in [0.1, 0.15) is 56.0 Å². The van der Waals surface area contributed by atoms with Gasteiger partial charge in [0.25, 0.3) is 0 Å². The molecule has 0 unspecified atom stereocenters. The number of halogens is 3. The van der Waals surface area contributed by atoms with Gasteiger partial charge in [0.2, 0.25) is 0 Å². The van der Waals surface area contributed by atoms with E-state index in [0.29, 0.717) is 25.9 Å². The number of rotatable bonds is 0. The Labute approximate surface area is 155 Å². The number of carbonyl (C=O) groups is 2. The highest BCUT2D eigenvalue weighted by atomic mass is 19.4. The van der Waals surface area contributed by atoms with E-state index in [1.54, 1.807) is 20.8 Å². The normalized spacial score (nSPS) is 19.5. The van der Waals surface area contributed by atoms with Gasteiger partial charge in [-0.1, -0.05) is 0 Å². The molecule has 5 nitrogen and oxygen atoms in total. The van der Waals surface area contributed by atoms with Crippen molar-refractivity contribution >= 4 is 11.9 Å². The number of fused-ring (bicyclic) bond motifs is 1. The molecule has 0 aromatic heterocycles. The zero-order valence-electron chi connectivity index (χ0n) is 15.5. The summed E-state index contributed by atoms with van der Waals surface area (Å²) in [5, 5.41) is 0. The van der Waals surface area contributed by atoms with Gasteiger partial charge in [-0.25, -0.2) is 4.79 Å². The molecule has 27 heavy (non-hydrogen) atoms. The smallest absolute Gasteiger partial charge is 0.416 e. The Hall–Kier alpha value is -2.25. The molecule has 0 N–H and O–H groups in total. The summed E-state index contributed by atoms with van der Waals surface area (Å²) in [7, 11) is 0. The molecule has 1 fully saturated rings. The maximum atomic E-state index is 13.0. The van der Waals surface area contributed by atoms with Crippen molar-refractivity contribution in [2.24, 2.45) is 0 Å². The summed E-state index contributed by atoms with van der Waals surface area (Å²) in [4.78, 5) is 26.2. The van der Waals surface area contributed by atoms with Crippen LogP contribution in [0.3, 0.4) is 0 Å². The predicted octanol–water partition coefficient (Wildman–Crippen LogP) is 4.44. The molecule has 3 rings (SSSR count). The molecule has 2 aliphatic rings. The van der Waals surface area contributed by atoms with Crippen molar-refractivity contribution in [2.45, 2.75) is 57.4 Å². The average Bonchev–Trinajstić information content (AvgIpc) is 2.52. The number of Topliss-reactive ketones (excluding diaryl/α,β-unsaturated/α-hetero) is 1. The molecular weight excluding hydrogens is 363 g/mol. The number of piperidine rings is 1. The van der Waals surface area contributed by atoms with Crippen molar-refractivity contribution in [3.8, 4) is 5.75 Å².